The largest absolute Gasteiger partial charge is 0.305 e. The van der Waals surface area contributed by atoms with Crippen LogP contribution in [0, 0.1) is 13.8 Å². The molecule has 0 N–H and O–H groups in total. The first kappa shape index (κ1) is 14.5. The normalized spacial score (nSPS) is 10.3. The molecule has 104 valence electrons. The molecule has 2 rings (SSSR count). The molecule has 0 aliphatic heterocycles. The lowest BCUT2D eigenvalue weighted by Gasteiger charge is -2.25. The summed E-state index contributed by atoms with van der Waals surface area (Å²) >= 11 is 5.74. The topological polar surface area (TPSA) is 46.1 Å². The van der Waals surface area contributed by atoms with Crippen molar-refractivity contribution in [1.29, 1.82) is 0 Å². The highest BCUT2D eigenvalue weighted by atomic mass is 35.5. The summed E-state index contributed by atoms with van der Waals surface area (Å²) in [4.78, 5) is 22.1. The SMILES string of the molecule is Cc1cccc(C)c1N(Cc1cnccn1)C(=O)CCl. The number of aryl methyl sites for hydroxylation is 2. The molecule has 2 aromatic rings. The fourth-order valence-corrected chi connectivity index (χ4v) is 2.31. The number of hydrogen-bond donors (Lipinski definition) is 0. The molecule has 0 saturated carbocycles. The van der Waals surface area contributed by atoms with Crippen LogP contribution in [0.25, 0.3) is 0 Å². The van der Waals surface area contributed by atoms with Crippen molar-refractivity contribution in [1.82, 2.24) is 9.97 Å². The molecule has 1 aromatic heterocycles. The van der Waals surface area contributed by atoms with Gasteiger partial charge in [-0.05, 0) is 25.0 Å². The summed E-state index contributed by atoms with van der Waals surface area (Å²) in [6, 6.07) is 5.93. The van der Waals surface area contributed by atoms with Crippen molar-refractivity contribution in [2.24, 2.45) is 0 Å². The average molecular weight is 290 g/mol. The molecule has 1 amide bonds. The first-order chi connectivity index (χ1) is 9.63. The number of halogens is 1. The summed E-state index contributed by atoms with van der Waals surface area (Å²) in [5, 5.41) is 0. The van der Waals surface area contributed by atoms with Crippen LogP contribution in [-0.4, -0.2) is 21.8 Å². The van der Waals surface area contributed by atoms with Crippen LogP contribution in [0.1, 0.15) is 16.8 Å². The third-order valence-electron chi connectivity index (χ3n) is 3.06. The molecule has 0 radical (unpaired) electrons. The Hall–Kier alpha value is -1.94. The quantitative estimate of drug-likeness (QED) is 0.813. The zero-order valence-electron chi connectivity index (χ0n) is 11.5. The fourth-order valence-electron chi connectivity index (χ4n) is 2.17. The van der Waals surface area contributed by atoms with Crippen molar-refractivity contribution in [3.8, 4) is 0 Å². The van der Waals surface area contributed by atoms with E-state index in [1.54, 1.807) is 23.5 Å². The molecule has 1 heterocycles. The predicted octanol–water partition coefficient (Wildman–Crippen LogP) is 2.87. The van der Waals surface area contributed by atoms with Crippen molar-refractivity contribution in [3.63, 3.8) is 0 Å². The van der Waals surface area contributed by atoms with Crippen LogP contribution in [0.5, 0.6) is 0 Å². The van der Waals surface area contributed by atoms with Gasteiger partial charge in [0.15, 0.2) is 0 Å². The lowest BCUT2D eigenvalue weighted by atomic mass is 10.1. The molecule has 0 saturated heterocycles. The lowest BCUT2D eigenvalue weighted by Crippen LogP contribution is -2.33. The minimum Gasteiger partial charge on any atom is -0.305 e. The number of carbonyl (C=O) groups is 1. The second kappa shape index (κ2) is 6.48. The van der Waals surface area contributed by atoms with Crippen LogP contribution >= 0.6 is 11.6 Å². The summed E-state index contributed by atoms with van der Waals surface area (Å²) in [6.45, 7) is 4.33. The molecule has 0 bridgehead atoms. The number of hydrogen-bond acceptors (Lipinski definition) is 3. The maximum Gasteiger partial charge on any atom is 0.242 e. The van der Waals surface area contributed by atoms with Crippen LogP contribution in [0.3, 0.4) is 0 Å². The van der Waals surface area contributed by atoms with E-state index in [0.29, 0.717) is 6.54 Å². The molecule has 20 heavy (non-hydrogen) atoms. The molecular weight excluding hydrogens is 274 g/mol. The molecule has 0 aliphatic carbocycles. The standard InChI is InChI=1S/C15H16ClN3O/c1-11-4-3-5-12(2)15(11)19(14(20)8-16)10-13-9-17-6-7-18-13/h3-7,9H,8,10H2,1-2H3. The monoisotopic (exact) mass is 289 g/mol. The van der Waals surface area contributed by atoms with E-state index >= 15 is 0 Å². The molecule has 0 unspecified atom stereocenters. The van der Waals surface area contributed by atoms with Gasteiger partial charge in [-0.3, -0.25) is 14.8 Å². The third kappa shape index (κ3) is 3.14. The van der Waals surface area contributed by atoms with Gasteiger partial charge in [0.25, 0.3) is 0 Å². The fraction of sp³-hybridized carbons (Fsp3) is 0.267. The highest BCUT2D eigenvalue weighted by Crippen LogP contribution is 2.26. The Bertz CT molecular complexity index is 581. The van der Waals surface area contributed by atoms with E-state index in [4.69, 9.17) is 11.6 Å². The second-order valence-corrected chi connectivity index (χ2v) is 4.82. The molecular formula is C15H16ClN3O. The van der Waals surface area contributed by atoms with Gasteiger partial charge in [0.2, 0.25) is 5.91 Å². The molecule has 0 spiro atoms. The molecule has 1 aromatic carbocycles. The molecule has 0 aliphatic rings. The molecule has 0 atom stereocenters. The Balaban J connectivity index is 2.41. The second-order valence-electron chi connectivity index (χ2n) is 4.55. The maximum absolute atomic E-state index is 12.2. The summed E-state index contributed by atoms with van der Waals surface area (Å²) in [7, 11) is 0. The van der Waals surface area contributed by atoms with Crippen molar-refractivity contribution in [2.45, 2.75) is 20.4 Å². The van der Waals surface area contributed by atoms with Gasteiger partial charge >= 0.3 is 0 Å². The number of rotatable bonds is 4. The number of anilines is 1. The van der Waals surface area contributed by atoms with E-state index < -0.39 is 0 Å². The maximum atomic E-state index is 12.2. The van der Waals surface area contributed by atoms with Gasteiger partial charge in [-0.15, -0.1) is 11.6 Å². The highest BCUT2D eigenvalue weighted by Gasteiger charge is 2.19. The minimum absolute atomic E-state index is 0.0615. The van der Waals surface area contributed by atoms with Crippen molar-refractivity contribution < 1.29 is 4.79 Å². The Morgan fingerprint density at radius 1 is 1.25 bits per heavy atom. The number of aromatic nitrogens is 2. The predicted molar refractivity (Wildman–Crippen MR) is 79.9 cm³/mol. The van der Waals surface area contributed by atoms with E-state index in [1.807, 2.05) is 32.0 Å². The van der Waals surface area contributed by atoms with E-state index in [2.05, 4.69) is 9.97 Å². The summed E-state index contributed by atoms with van der Waals surface area (Å²) < 4.78 is 0. The minimum atomic E-state index is -0.144. The lowest BCUT2D eigenvalue weighted by molar-refractivity contribution is -0.116. The van der Waals surface area contributed by atoms with Gasteiger partial charge in [-0.2, -0.15) is 0 Å². The average Bonchev–Trinajstić information content (AvgIpc) is 2.46. The van der Waals surface area contributed by atoms with Gasteiger partial charge in [-0.25, -0.2) is 0 Å². The first-order valence-corrected chi connectivity index (χ1v) is 6.84. The summed E-state index contributed by atoms with van der Waals surface area (Å²) in [5.41, 5.74) is 3.69. The summed E-state index contributed by atoms with van der Waals surface area (Å²) in [5.74, 6) is -0.205. The Morgan fingerprint density at radius 3 is 2.50 bits per heavy atom. The number of amides is 1. The van der Waals surface area contributed by atoms with E-state index in [0.717, 1.165) is 22.5 Å². The first-order valence-electron chi connectivity index (χ1n) is 6.31. The van der Waals surface area contributed by atoms with Crippen molar-refractivity contribution in [2.75, 3.05) is 10.8 Å². The van der Waals surface area contributed by atoms with Gasteiger partial charge in [-0.1, -0.05) is 18.2 Å². The van der Waals surface area contributed by atoms with Gasteiger partial charge in [0, 0.05) is 18.1 Å². The Morgan fingerprint density at radius 2 is 1.95 bits per heavy atom. The molecule has 5 heteroatoms. The zero-order chi connectivity index (χ0) is 14.5. The molecule has 4 nitrogen and oxygen atoms in total. The van der Waals surface area contributed by atoms with Gasteiger partial charge < -0.3 is 4.90 Å². The van der Waals surface area contributed by atoms with Crippen LogP contribution in [0.15, 0.2) is 36.8 Å². The zero-order valence-corrected chi connectivity index (χ0v) is 12.3. The summed E-state index contributed by atoms with van der Waals surface area (Å²) in [6.07, 6.45) is 4.88. The van der Waals surface area contributed by atoms with E-state index in [1.165, 1.54) is 0 Å². The van der Waals surface area contributed by atoms with Crippen molar-refractivity contribution >= 4 is 23.2 Å². The van der Waals surface area contributed by atoms with Crippen LogP contribution < -0.4 is 4.90 Å². The highest BCUT2D eigenvalue weighted by molar-refractivity contribution is 6.29. The number of nitrogens with zero attached hydrogens (tertiary/aromatic N) is 3. The van der Waals surface area contributed by atoms with Crippen molar-refractivity contribution in [3.05, 3.63) is 53.6 Å². The number of alkyl halides is 1. The van der Waals surface area contributed by atoms with E-state index in [9.17, 15) is 4.79 Å². The van der Waals surface area contributed by atoms with Gasteiger partial charge in [0.05, 0.1) is 18.4 Å². The number of benzene rings is 1. The van der Waals surface area contributed by atoms with Gasteiger partial charge in [0.1, 0.15) is 5.88 Å². The number of carbonyl (C=O) groups excluding carboxylic acids is 1. The Kier molecular flexibility index (Phi) is 4.69. The smallest absolute Gasteiger partial charge is 0.242 e. The van der Waals surface area contributed by atoms with Crippen LogP contribution in [0.4, 0.5) is 5.69 Å². The van der Waals surface area contributed by atoms with Crippen LogP contribution in [0.2, 0.25) is 0 Å². The van der Waals surface area contributed by atoms with Crippen LogP contribution in [-0.2, 0) is 11.3 Å². The number of para-hydroxylation sites is 1. The molecule has 0 fully saturated rings. The van der Waals surface area contributed by atoms with E-state index in [-0.39, 0.29) is 11.8 Å². The Labute approximate surface area is 123 Å². The third-order valence-corrected chi connectivity index (χ3v) is 3.29.